The molecule has 1 aliphatic rings. The second-order valence-electron chi connectivity index (χ2n) is 3.96. The van der Waals surface area contributed by atoms with Gasteiger partial charge in [0, 0.05) is 6.42 Å². The quantitative estimate of drug-likeness (QED) is 0.534. The lowest BCUT2D eigenvalue weighted by Crippen LogP contribution is -1.95. The van der Waals surface area contributed by atoms with Crippen molar-refractivity contribution in [2.24, 2.45) is 4.99 Å². The predicted octanol–water partition coefficient (Wildman–Crippen LogP) is 3.59. The third-order valence-corrected chi connectivity index (χ3v) is 2.35. The Labute approximate surface area is 109 Å². The van der Waals surface area contributed by atoms with E-state index in [1.165, 1.54) is 0 Å². The minimum absolute atomic E-state index is 0.139. The SMILES string of the molecule is CCC(=O)\C=C/C=C/C=C\C1=NC(C)C=CC=C1. The first-order chi connectivity index (χ1) is 8.72. The van der Waals surface area contributed by atoms with Gasteiger partial charge in [-0.05, 0) is 25.2 Å². The molecule has 0 amide bonds. The van der Waals surface area contributed by atoms with Gasteiger partial charge in [-0.2, -0.15) is 0 Å². The molecule has 0 saturated carbocycles. The van der Waals surface area contributed by atoms with Crippen LogP contribution in [0.1, 0.15) is 20.3 Å². The summed E-state index contributed by atoms with van der Waals surface area (Å²) in [6.07, 6.45) is 19.5. The highest BCUT2D eigenvalue weighted by molar-refractivity contribution is 6.04. The molecule has 1 rings (SSSR count). The Morgan fingerprint density at radius 3 is 2.83 bits per heavy atom. The van der Waals surface area contributed by atoms with Crippen molar-refractivity contribution in [1.82, 2.24) is 0 Å². The fourth-order valence-electron chi connectivity index (χ4n) is 1.36. The van der Waals surface area contributed by atoms with Crippen LogP contribution in [0, 0.1) is 0 Å². The van der Waals surface area contributed by atoms with Crippen molar-refractivity contribution in [2.45, 2.75) is 26.3 Å². The third kappa shape index (κ3) is 5.94. The maximum Gasteiger partial charge on any atom is 0.155 e. The first-order valence-electron chi connectivity index (χ1n) is 6.19. The summed E-state index contributed by atoms with van der Waals surface area (Å²) in [6, 6.07) is 0.214. The van der Waals surface area contributed by atoms with Gasteiger partial charge in [0.1, 0.15) is 0 Å². The lowest BCUT2D eigenvalue weighted by molar-refractivity contribution is -0.114. The standard InChI is InChI=1S/C16H19NO/c1-3-16(18)13-7-5-4-6-11-15-12-9-8-10-14(2)17-15/h4-14H,3H2,1-2H3/b5-4+,11-6-,13-7-. The van der Waals surface area contributed by atoms with Crippen LogP contribution >= 0.6 is 0 Å². The number of allylic oxidation sites excluding steroid dienone is 9. The molecule has 0 spiro atoms. The molecule has 0 fully saturated rings. The fraction of sp³-hybridized carbons (Fsp3) is 0.250. The molecule has 0 aliphatic carbocycles. The topological polar surface area (TPSA) is 29.4 Å². The molecule has 0 aromatic heterocycles. The van der Waals surface area contributed by atoms with Gasteiger partial charge in [-0.3, -0.25) is 9.79 Å². The van der Waals surface area contributed by atoms with Crippen molar-refractivity contribution in [3.8, 4) is 0 Å². The van der Waals surface area contributed by atoms with Gasteiger partial charge in [0.2, 0.25) is 0 Å². The van der Waals surface area contributed by atoms with Gasteiger partial charge in [0.05, 0.1) is 11.8 Å². The molecule has 0 N–H and O–H groups in total. The molecule has 1 atom stereocenters. The summed E-state index contributed by atoms with van der Waals surface area (Å²) in [5.74, 6) is 0.139. The highest BCUT2D eigenvalue weighted by Gasteiger charge is 1.95. The second kappa shape index (κ2) is 8.18. The van der Waals surface area contributed by atoms with Gasteiger partial charge in [-0.25, -0.2) is 0 Å². The molecule has 0 bridgehead atoms. The third-order valence-electron chi connectivity index (χ3n) is 2.35. The van der Waals surface area contributed by atoms with E-state index in [2.05, 4.69) is 4.99 Å². The molecule has 2 heteroatoms. The van der Waals surface area contributed by atoms with Crippen LogP contribution in [0.2, 0.25) is 0 Å². The van der Waals surface area contributed by atoms with E-state index in [1.807, 2.05) is 62.5 Å². The van der Waals surface area contributed by atoms with E-state index in [9.17, 15) is 4.79 Å². The average molecular weight is 241 g/mol. The van der Waals surface area contributed by atoms with E-state index >= 15 is 0 Å². The van der Waals surface area contributed by atoms with Crippen LogP contribution < -0.4 is 0 Å². The Morgan fingerprint density at radius 1 is 1.28 bits per heavy atom. The Kier molecular flexibility index (Phi) is 6.41. The summed E-state index contributed by atoms with van der Waals surface area (Å²) in [4.78, 5) is 15.5. The van der Waals surface area contributed by atoms with Gasteiger partial charge in [0.25, 0.3) is 0 Å². The maximum atomic E-state index is 11.0. The summed E-state index contributed by atoms with van der Waals surface area (Å²) < 4.78 is 0. The minimum Gasteiger partial charge on any atom is -0.295 e. The fourth-order valence-corrected chi connectivity index (χ4v) is 1.36. The number of ketones is 1. The highest BCUT2D eigenvalue weighted by atomic mass is 16.1. The molecule has 0 radical (unpaired) electrons. The molecule has 94 valence electrons. The van der Waals surface area contributed by atoms with Crippen LogP contribution in [0.25, 0.3) is 0 Å². The van der Waals surface area contributed by atoms with Gasteiger partial charge in [-0.1, -0.05) is 49.5 Å². The Bertz CT molecular complexity index is 448. The molecule has 18 heavy (non-hydrogen) atoms. The summed E-state index contributed by atoms with van der Waals surface area (Å²) >= 11 is 0. The molecule has 2 nitrogen and oxygen atoms in total. The number of carbonyl (C=O) groups is 1. The van der Waals surface area contributed by atoms with Crippen molar-refractivity contribution < 1.29 is 4.79 Å². The monoisotopic (exact) mass is 241 g/mol. The van der Waals surface area contributed by atoms with E-state index < -0.39 is 0 Å². The molecular formula is C16H19NO. The zero-order chi connectivity index (χ0) is 13.2. The lowest BCUT2D eigenvalue weighted by Gasteiger charge is -1.97. The number of hydrogen-bond acceptors (Lipinski definition) is 2. The van der Waals surface area contributed by atoms with Crippen LogP contribution in [-0.2, 0) is 4.79 Å². The number of rotatable bonds is 5. The Balaban J connectivity index is 2.48. The van der Waals surface area contributed by atoms with Crippen molar-refractivity contribution >= 4 is 11.5 Å². The van der Waals surface area contributed by atoms with Crippen molar-refractivity contribution in [1.29, 1.82) is 0 Å². The predicted molar refractivity (Wildman–Crippen MR) is 77.9 cm³/mol. The second-order valence-corrected chi connectivity index (χ2v) is 3.96. The van der Waals surface area contributed by atoms with E-state index in [0.717, 1.165) is 5.71 Å². The first kappa shape index (κ1) is 14.1. The van der Waals surface area contributed by atoms with Crippen LogP contribution in [0.4, 0.5) is 0 Å². The Morgan fingerprint density at radius 2 is 2.06 bits per heavy atom. The molecular weight excluding hydrogens is 222 g/mol. The number of hydrogen-bond donors (Lipinski definition) is 0. The largest absolute Gasteiger partial charge is 0.295 e. The molecule has 1 aliphatic heterocycles. The van der Waals surface area contributed by atoms with Crippen LogP contribution in [-0.4, -0.2) is 17.5 Å². The number of nitrogens with zero attached hydrogens (tertiary/aromatic N) is 1. The molecule has 0 saturated heterocycles. The van der Waals surface area contributed by atoms with E-state index in [1.54, 1.807) is 12.2 Å². The number of aliphatic imine (C=N–C) groups is 1. The van der Waals surface area contributed by atoms with Gasteiger partial charge in [-0.15, -0.1) is 0 Å². The zero-order valence-corrected chi connectivity index (χ0v) is 10.9. The smallest absolute Gasteiger partial charge is 0.155 e. The molecule has 0 aromatic carbocycles. The van der Waals surface area contributed by atoms with E-state index in [-0.39, 0.29) is 11.8 Å². The van der Waals surface area contributed by atoms with E-state index in [4.69, 9.17) is 0 Å². The van der Waals surface area contributed by atoms with Crippen LogP contribution in [0.3, 0.4) is 0 Å². The van der Waals surface area contributed by atoms with Crippen molar-refractivity contribution in [3.63, 3.8) is 0 Å². The highest BCUT2D eigenvalue weighted by Crippen LogP contribution is 2.01. The lowest BCUT2D eigenvalue weighted by atomic mass is 10.2. The summed E-state index contributed by atoms with van der Waals surface area (Å²) in [7, 11) is 0. The molecule has 1 heterocycles. The summed E-state index contributed by atoms with van der Waals surface area (Å²) in [5, 5.41) is 0. The van der Waals surface area contributed by atoms with Crippen LogP contribution in [0.5, 0.6) is 0 Å². The number of carbonyl (C=O) groups excluding carboxylic acids is 1. The van der Waals surface area contributed by atoms with Crippen LogP contribution in [0.15, 0.2) is 65.8 Å². The average Bonchev–Trinajstić information content (AvgIpc) is 2.57. The van der Waals surface area contributed by atoms with Gasteiger partial charge >= 0.3 is 0 Å². The Hall–Kier alpha value is -1.96. The first-order valence-corrected chi connectivity index (χ1v) is 6.19. The van der Waals surface area contributed by atoms with Crippen molar-refractivity contribution in [3.05, 3.63) is 60.8 Å². The minimum atomic E-state index is 0.139. The summed E-state index contributed by atoms with van der Waals surface area (Å²) in [6.45, 7) is 3.90. The summed E-state index contributed by atoms with van der Waals surface area (Å²) in [5.41, 5.74) is 0.950. The molecule has 0 aromatic rings. The normalized spacial score (nSPS) is 19.9. The maximum absolute atomic E-state index is 11.0. The van der Waals surface area contributed by atoms with Gasteiger partial charge in [0.15, 0.2) is 5.78 Å². The van der Waals surface area contributed by atoms with E-state index in [0.29, 0.717) is 6.42 Å². The molecule has 1 unspecified atom stereocenters. The van der Waals surface area contributed by atoms with Crippen molar-refractivity contribution in [2.75, 3.05) is 0 Å². The van der Waals surface area contributed by atoms with Gasteiger partial charge < -0.3 is 0 Å². The zero-order valence-electron chi connectivity index (χ0n) is 10.9.